The molecule has 1 atom stereocenters. The number of hydrogen-bond donors (Lipinski definition) is 0. The zero-order valence-electron chi connectivity index (χ0n) is 11.3. The number of aromatic nitrogens is 2. The predicted molar refractivity (Wildman–Crippen MR) is 66.7 cm³/mol. The van der Waals surface area contributed by atoms with Crippen molar-refractivity contribution in [2.24, 2.45) is 0 Å². The van der Waals surface area contributed by atoms with E-state index in [1.165, 1.54) is 0 Å². The van der Waals surface area contributed by atoms with Crippen LogP contribution >= 0.6 is 0 Å². The van der Waals surface area contributed by atoms with Crippen molar-refractivity contribution in [1.29, 1.82) is 0 Å². The van der Waals surface area contributed by atoms with Gasteiger partial charge in [0.1, 0.15) is 6.04 Å². The van der Waals surface area contributed by atoms with E-state index in [-0.39, 0.29) is 11.6 Å². The summed E-state index contributed by atoms with van der Waals surface area (Å²) in [5.41, 5.74) is 0. The Balaban J connectivity index is 2.29. The minimum atomic E-state index is -3.76. The molecule has 2 rings (SSSR count). The lowest BCUT2D eigenvalue weighted by Gasteiger charge is -2.20. The fraction of sp³-hybridized carbons (Fsp3) is 0.818. The van der Waals surface area contributed by atoms with E-state index in [0.717, 1.165) is 4.31 Å². The molecular weight excluding hydrogens is 292 g/mol. The highest BCUT2D eigenvalue weighted by Gasteiger charge is 2.52. The SMILES string of the molecule is CCCCS(=O)(=O)N1CC(F)(F)C[C@H]1c1nc(C)no1. The van der Waals surface area contributed by atoms with Crippen molar-refractivity contribution in [1.82, 2.24) is 14.4 Å². The molecule has 0 aromatic carbocycles. The highest BCUT2D eigenvalue weighted by Crippen LogP contribution is 2.42. The summed E-state index contributed by atoms with van der Waals surface area (Å²) >= 11 is 0. The van der Waals surface area contributed by atoms with E-state index in [0.29, 0.717) is 18.7 Å². The predicted octanol–water partition coefficient (Wildman–Crippen LogP) is 1.89. The lowest BCUT2D eigenvalue weighted by Crippen LogP contribution is -2.34. The van der Waals surface area contributed by atoms with Gasteiger partial charge in [0.05, 0.1) is 12.3 Å². The Bertz CT molecular complexity index is 573. The van der Waals surface area contributed by atoms with Crippen molar-refractivity contribution in [2.75, 3.05) is 12.3 Å². The van der Waals surface area contributed by atoms with Gasteiger partial charge in [0.2, 0.25) is 15.9 Å². The molecule has 1 aliphatic rings. The molecule has 1 aromatic rings. The van der Waals surface area contributed by atoms with Crippen LogP contribution in [0.5, 0.6) is 0 Å². The molecule has 0 bridgehead atoms. The third-order valence-corrected chi connectivity index (χ3v) is 5.07. The van der Waals surface area contributed by atoms with Crippen LogP contribution in [0.4, 0.5) is 8.78 Å². The smallest absolute Gasteiger partial charge is 0.263 e. The van der Waals surface area contributed by atoms with Gasteiger partial charge in [-0.2, -0.15) is 9.29 Å². The van der Waals surface area contributed by atoms with Crippen LogP contribution in [0.25, 0.3) is 0 Å². The Morgan fingerprint density at radius 2 is 2.20 bits per heavy atom. The van der Waals surface area contributed by atoms with Gasteiger partial charge in [-0.25, -0.2) is 17.2 Å². The average Bonchev–Trinajstić information content (AvgIpc) is 2.90. The van der Waals surface area contributed by atoms with Crippen molar-refractivity contribution in [3.8, 4) is 0 Å². The Labute approximate surface area is 116 Å². The molecule has 0 N–H and O–H groups in total. The van der Waals surface area contributed by atoms with Crippen LogP contribution < -0.4 is 0 Å². The maximum absolute atomic E-state index is 13.6. The highest BCUT2D eigenvalue weighted by molar-refractivity contribution is 7.89. The molecule has 114 valence electrons. The zero-order chi connectivity index (χ0) is 15.0. The normalized spacial score (nSPS) is 23.3. The van der Waals surface area contributed by atoms with Gasteiger partial charge in [-0.15, -0.1) is 0 Å². The molecule has 1 fully saturated rings. The Morgan fingerprint density at radius 3 is 2.75 bits per heavy atom. The maximum atomic E-state index is 13.6. The second kappa shape index (κ2) is 5.36. The van der Waals surface area contributed by atoms with Gasteiger partial charge in [0, 0.05) is 6.42 Å². The maximum Gasteiger partial charge on any atom is 0.263 e. The van der Waals surface area contributed by atoms with Gasteiger partial charge >= 0.3 is 0 Å². The van der Waals surface area contributed by atoms with E-state index in [1.54, 1.807) is 6.92 Å². The first-order valence-electron chi connectivity index (χ1n) is 6.43. The summed E-state index contributed by atoms with van der Waals surface area (Å²) < 4.78 is 57.2. The minimum absolute atomic E-state index is 0.0697. The fourth-order valence-corrected chi connectivity index (χ4v) is 4.01. The summed E-state index contributed by atoms with van der Waals surface area (Å²) in [5, 5.41) is 3.54. The van der Waals surface area contributed by atoms with E-state index < -0.39 is 35.0 Å². The molecule has 20 heavy (non-hydrogen) atoms. The lowest BCUT2D eigenvalue weighted by molar-refractivity contribution is 0.0166. The minimum Gasteiger partial charge on any atom is -0.338 e. The van der Waals surface area contributed by atoms with Crippen LogP contribution in [0, 0.1) is 6.92 Å². The molecule has 0 unspecified atom stereocenters. The summed E-state index contributed by atoms with van der Waals surface area (Å²) in [4.78, 5) is 3.89. The summed E-state index contributed by atoms with van der Waals surface area (Å²) in [7, 11) is -3.76. The molecule has 2 heterocycles. The van der Waals surface area contributed by atoms with Gasteiger partial charge in [-0.3, -0.25) is 0 Å². The Hall–Kier alpha value is -1.09. The number of hydrogen-bond acceptors (Lipinski definition) is 5. The molecule has 0 aliphatic carbocycles. The molecule has 6 nitrogen and oxygen atoms in total. The van der Waals surface area contributed by atoms with E-state index >= 15 is 0 Å². The first-order chi connectivity index (χ1) is 9.25. The standard InChI is InChI=1S/C11H17F2N3O3S/c1-3-4-5-20(17,18)16-7-11(12,13)6-9(16)10-14-8(2)15-19-10/h9H,3-7H2,1-2H3/t9-/m0/s1. The van der Waals surface area contributed by atoms with E-state index in [1.807, 2.05) is 6.92 Å². The number of unbranched alkanes of at least 4 members (excludes halogenated alkanes) is 1. The first kappa shape index (κ1) is 15.3. The summed E-state index contributed by atoms with van der Waals surface area (Å²) in [6, 6.07) is -1.08. The van der Waals surface area contributed by atoms with Gasteiger partial charge in [0.15, 0.2) is 5.82 Å². The number of nitrogens with zero attached hydrogens (tertiary/aromatic N) is 3. The number of aryl methyl sites for hydroxylation is 1. The molecule has 0 spiro atoms. The molecule has 1 aliphatic heterocycles. The van der Waals surface area contributed by atoms with Crippen molar-refractivity contribution in [3.63, 3.8) is 0 Å². The molecular formula is C11H17F2N3O3S. The highest BCUT2D eigenvalue weighted by atomic mass is 32.2. The summed E-state index contributed by atoms with van der Waals surface area (Å²) in [6.07, 6.45) is 0.480. The number of alkyl halides is 2. The second-order valence-electron chi connectivity index (χ2n) is 4.97. The van der Waals surface area contributed by atoms with Crippen LogP contribution in [-0.2, 0) is 10.0 Å². The summed E-state index contributed by atoms with van der Waals surface area (Å²) in [5.74, 6) is -3.00. The van der Waals surface area contributed by atoms with Gasteiger partial charge in [-0.1, -0.05) is 18.5 Å². The molecule has 0 radical (unpaired) electrons. The van der Waals surface area contributed by atoms with Crippen LogP contribution in [-0.4, -0.2) is 41.1 Å². The van der Waals surface area contributed by atoms with Crippen molar-refractivity contribution < 1.29 is 21.7 Å². The largest absolute Gasteiger partial charge is 0.338 e. The topological polar surface area (TPSA) is 76.3 Å². The van der Waals surface area contributed by atoms with Crippen LogP contribution in [0.2, 0.25) is 0 Å². The molecule has 9 heteroatoms. The quantitative estimate of drug-likeness (QED) is 0.830. The number of halogens is 2. The van der Waals surface area contributed by atoms with Crippen LogP contribution in [0.3, 0.4) is 0 Å². The van der Waals surface area contributed by atoms with Gasteiger partial charge in [-0.05, 0) is 13.3 Å². The molecule has 1 aromatic heterocycles. The van der Waals surface area contributed by atoms with Gasteiger partial charge in [0.25, 0.3) is 5.92 Å². The van der Waals surface area contributed by atoms with E-state index in [4.69, 9.17) is 4.52 Å². The molecule has 0 amide bonds. The lowest BCUT2D eigenvalue weighted by atomic mass is 10.2. The fourth-order valence-electron chi connectivity index (χ4n) is 2.18. The number of sulfonamides is 1. The third-order valence-electron chi connectivity index (χ3n) is 3.17. The zero-order valence-corrected chi connectivity index (χ0v) is 12.2. The van der Waals surface area contributed by atoms with E-state index in [2.05, 4.69) is 10.1 Å². The van der Waals surface area contributed by atoms with Crippen molar-refractivity contribution in [3.05, 3.63) is 11.7 Å². The van der Waals surface area contributed by atoms with Crippen molar-refractivity contribution in [2.45, 2.75) is 45.1 Å². The Kier molecular flexibility index (Phi) is 4.10. The first-order valence-corrected chi connectivity index (χ1v) is 8.03. The molecule has 1 saturated heterocycles. The second-order valence-corrected chi connectivity index (χ2v) is 7.01. The van der Waals surface area contributed by atoms with Crippen LogP contribution in [0.15, 0.2) is 4.52 Å². The van der Waals surface area contributed by atoms with Crippen molar-refractivity contribution >= 4 is 10.0 Å². The number of rotatable bonds is 5. The third kappa shape index (κ3) is 3.14. The monoisotopic (exact) mass is 309 g/mol. The van der Waals surface area contributed by atoms with Gasteiger partial charge < -0.3 is 4.52 Å². The van der Waals surface area contributed by atoms with E-state index in [9.17, 15) is 17.2 Å². The molecule has 0 saturated carbocycles. The average molecular weight is 309 g/mol. The Morgan fingerprint density at radius 1 is 1.50 bits per heavy atom. The summed E-state index contributed by atoms with van der Waals surface area (Å²) in [6.45, 7) is 2.56. The van der Waals surface area contributed by atoms with Crippen LogP contribution in [0.1, 0.15) is 43.9 Å².